The van der Waals surface area contributed by atoms with Gasteiger partial charge in [-0.15, -0.1) is 0 Å². The summed E-state index contributed by atoms with van der Waals surface area (Å²) in [6.45, 7) is 6.47. The Labute approximate surface area is 145 Å². The molecule has 1 aliphatic rings. The van der Waals surface area contributed by atoms with Crippen LogP contribution in [0.2, 0.25) is 0 Å². The summed E-state index contributed by atoms with van der Waals surface area (Å²) in [7, 11) is 0. The van der Waals surface area contributed by atoms with E-state index in [1.54, 1.807) is 17.1 Å². The number of para-hydroxylation sites is 1. The monoisotopic (exact) mass is 344 g/mol. The Hall–Kier alpha value is -2.32. The molecule has 0 aliphatic carbocycles. The number of aryl methyl sites for hydroxylation is 1. The fraction of sp³-hybridized carbons (Fsp3) is 0.471. The van der Waals surface area contributed by atoms with Crippen LogP contribution in [-0.4, -0.2) is 55.0 Å². The van der Waals surface area contributed by atoms with Crippen molar-refractivity contribution in [1.82, 2.24) is 29.2 Å². The molecule has 7 nitrogen and oxygen atoms in total. The second-order valence-electron chi connectivity index (χ2n) is 6.23. The van der Waals surface area contributed by atoms with Crippen molar-refractivity contribution in [3.8, 4) is 0 Å². The second kappa shape index (κ2) is 6.89. The van der Waals surface area contributed by atoms with Crippen molar-refractivity contribution in [2.45, 2.75) is 32.7 Å². The highest BCUT2D eigenvalue weighted by atomic mass is 19.1. The molecule has 3 heterocycles. The van der Waals surface area contributed by atoms with E-state index in [2.05, 4.69) is 31.5 Å². The first kappa shape index (κ1) is 16.2. The standard InChI is InChI=1S/C17H21FN6O/c1-2-24-15-5-3-4-14(18)17(15)21-16(24)10-22-6-7-25-13(8-22)9-23-12-19-11-20-23/h3-5,11-13H,2,6-10H2,1H3. The molecule has 3 aromatic rings. The molecular weight excluding hydrogens is 323 g/mol. The Morgan fingerprint density at radius 2 is 2.28 bits per heavy atom. The molecule has 0 spiro atoms. The summed E-state index contributed by atoms with van der Waals surface area (Å²) in [6.07, 6.45) is 3.28. The van der Waals surface area contributed by atoms with Crippen LogP contribution in [0.1, 0.15) is 12.7 Å². The van der Waals surface area contributed by atoms with Crippen LogP contribution < -0.4 is 0 Å². The number of imidazole rings is 1. The van der Waals surface area contributed by atoms with Crippen molar-refractivity contribution < 1.29 is 9.13 Å². The molecule has 132 valence electrons. The Morgan fingerprint density at radius 1 is 1.36 bits per heavy atom. The van der Waals surface area contributed by atoms with Gasteiger partial charge < -0.3 is 9.30 Å². The van der Waals surface area contributed by atoms with E-state index in [0.717, 1.165) is 31.0 Å². The van der Waals surface area contributed by atoms with Gasteiger partial charge in [0.2, 0.25) is 0 Å². The number of hydrogen-bond donors (Lipinski definition) is 0. The largest absolute Gasteiger partial charge is 0.374 e. The molecule has 0 bridgehead atoms. The lowest BCUT2D eigenvalue weighted by atomic mass is 10.2. The molecule has 0 amide bonds. The van der Waals surface area contributed by atoms with Crippen LogP contribution in [0.3, 0.4) is 0 Å². The van der Waals surface area contributed by atoms with E-state index in [1.165, 1.54) is 12.4 Å². The zero-order valence-corrected chi connectivity index (χ0v) is 14.2. The third-order valence-corrected chi connectivity index (χ3v) is 4.57. The van der Waals surface area contributed by atoms with Crippen LogP contribution in [0, 0.1) is 5.82 Å². The lowest BCUT2D eigenvalue weighted by Gasteiger charge is -2.32. The molecule has 0 radical (unpaired) electrons. The molecule has 2 aromatic heterocycles. The third-order valence-electron chi connectivity index (χ3n) is 4.57. The molecule has 1 atom stereocenters. The number of rotatable bonds is 5. The molecule has 4 rings (SSSR count). The Morgan fingerprint density at radius 3 is 3.08 bits per heavy atom. The first-order valence-corrected chi connectivity index (χ1v) is 8.54. The van der Waals surface area contributed by atoms with E-state index in [-0.39, 0.29) is 11.9 Å². The summed E-state index contributed by atoms with van der Waals surface area (Å²) in [4.78, 5) is 10.8. The third kappa shape index (κ3) is 3.27. The number of morpholine rings is 1. The predicted molar refractivity (Wildman–Crippen MR) is 90.4 cm³/mol. The smallest absolute Gasteiger partial charge is 0.151 e. The van der Waals surface area contributed by atoms with Gasteiger partial charge >= 0.3 is 0 Å². The van der Waals surface area contributed by atoms with Gasteiger partial charge in [0.25, 0.3) is 0 Å². The zero-order valence-electron chi connectivity index (χ0n) is 14.2. The van der Waals surface area contributed by atoms with Crippen LogP contribution in [0.4, 0.5) is 4.39 Å². The molecule has 1 aliphatic heterocycles. The fourth-order valence-corrected chi connectivity index (χ4v) is 3.40. The molecule has 0 N–H and O–H groups in total. The van der Waals surface area contributed by atoms with Gasteiger partial charge in [0, 0.05) is 19.6 Å². The number of ether oxygens (including phenoxy) is 1. The molecular formula is C17H21FN6O. The highest BCUT2D eigenvalue weighted by Gasteiger charge is 2.23. The summed E-state index contributed by atoms with van der Waals surface area (Å²) in [5.41, 5.74) is 1.30. The van der Waals surface area contributed by atoms with Crippen molar-refractivity contribution in [2.24, 2.45) is 0 Å². The van der Waals surface area contributed by atoms with Gasteiger partial charge in [0.1, 0.15) is 24.0 Å². The summed E-state index contributed by atoms with van der Waals surface area (Å²) in [6, 6.07) is 5.12. The number of aromatic nitrogens is 5. The van der Waals surface area contributed by atoms with Gasteiger partial charge in [-0.05, 0) is 19.1 Å². The average molecular weight is 344 g/mol. The molecule has 1 saturated heterocycles. The number of benzene rings is 1. The van der Waals surface area contributed by atoms with Gasteiger partial charge in [0.15, 0.2) is 5.82 Å². The van der Waals surface area contributed by atoms with E-state index in [1.807, 2.05) is 6.07 Å². The summed E-state index contributed by atoms with van der Waals surface area (Å²) >= 11 is 0. The highest BCUT2D eigenvalue weighted by Crippen LogP contribution is 2.21. The normalized spacial score (nSPS) is 18.9. The Balaban J connectivity index is 1.51. The van der Waals surface area contributed by atoms with Gasteiger partial charge in [-0.1, -0.05) is 6.07 Å². The van der Waals surface area contributed by atoms with E-state index in [9.17, 15) is 4.39 Å². The summed E-state index contributed by atoms with van der Waals surface area (Å²) in [5, 5.41) is 4.13. The topological polar surface area (TPSA) is 61.0 Å². The Kier molecular flexibility index (Phi) is 4.46. The number of hydrogen-bond acceptors (Lipinski definition) is 5. The maximum Gasteiger partial charge on any atom is 0.151 e. The molecule has 1 unspecified atom stereocenters. The van der Waals surface area contributed by atoms with E-state index in [4.69, 9.17) is 4.74 Å². The molecule has 1 aromatic carbocycles. The maximum absolute atomic E-state index is 14.0. The van der Waals surface area contributed by atoms with Crippen LogP contribution in [-0.2, 0) is 24.4 Å². The van der Waals surface area contributed by atoms with Crippen molar-refractivity contribution in [1.29, 1.82) is 0 Å². The van der Waals surface area contributed by atoms with Gasteiger partial charge in [0.05, 0.1) is 31.3 Å². The molecule has 0 saturated carbocycles. The lowest BCUT2D eigenvalue weighted by Crippen LogP contribution is -2.44. The minimum atomic E-state index is -0.267. The SMILES string of the molecule is CCn1c(CN2CCOC(Cn3cncn3)C2)nc2c(F)cccc21. The van der Waals surface area contributed by atoms with Crippen LogP contribution in [0.5, 0.6) is 0 Å². The van der Waals surface area contributed by atoms with E-state index < -0.39 is 0 Å². The first-order valence-electron chi connectivity index (χ1n) is 8.54. The minimum absolute atomic E-state index is 0.0617. The fourth-order valence-electron chi connectivity index (χ4n) is 3.40. The summed E-state index contributed by atoms with van der Waals surface area (Å²) in [5.74, 6) is 0.626. The average Bonchev–Trinajstić information content (AvgIpc) is 3.23. The van der Waals surface area contributed by atoms with Crippen molar-refractivity contribution in [3.05, 3.63) is 42.5 Å². The minimum Gasteiger partial charge on any atom is -0.374 e. The maximum atomic E-state index is 14.0. The van der Waals surface area contributed by atoms with Crippen LogP contribution in [0.25, 0.3) is 11.0 Å². The molecule has 1 fully saturated rings. The van der Waals surface area contributed by atoms with Crippen molar-refractivity contribution in [2.75, 3.05) is 19.7 Å². The van der Waals surface area contributed by atoms with Crippen LogP contribution >= 0.6 is 0 Å². The molecule has 8 heteroatoms. The van der Waals surface area contributed by atoms with Gasteiger partial charge in [-0.25, -0.2) is 14.4 Å². The molecule has 25 heavy (non-hydrogen) atoms. The lowest BCUT2D eigenvalue weighted by molar-refractivity contribution is -0.0411. The first-order chi connectivity index (χ1) is 12.2. The number of fused-ring (bicyclic) bond motifs is 1. The quantitative estimate of drug-likeness (QED) is 0.705. The highest BCUT2D eigenvalue weighted by molar-refractivity contribution is 5.76. The van der Waals surface area contributed by atoms with E-state index >= 15 is 0 Å². The van der Waals surface area contributed by atoms with Gasteiger partial charge in [-0.3, -0.25) is 9.58 Å². The predicted octanol–water partition coefficient (Wildman–Crippen LogP) is 1.69. The van der Waals surface area contributed by atoms with E-state index in [0.29, 0.717) is 25.2 Å². The zero-order chi connectivity index (χ0) is 17.2. The van der Waals surface area contributed by atoms with Crippen molar-refractivity contribution >= 4 is 11.0 Å². The number of halogens is 1. The number of nitrogens with zero attached hydrogens (tertiary/aromatic N) is 6. The van der Waals surface area contributed by atoms with Crippen molar-refractivity contribution in [3.63, 3.8) is 0 Å². The van der Waals surface area contributed by atoms with Gasteiger partial charge in [-0.2, -0.15) is 5.10 Å². The summed E-state index contributed by atoms with van der Waals surface area (Å²) < 4.78 is 23.7. The van der Waals surface area contributed by atoms with Crippen LogP contribution in [0.15, 0.2) is 30.9 Å². The Bertz CT molecular complexity index is 846. The second-order valence-corrected chi connectivity index (χ2v) is 6.23.